The van der Waals surface area contributed by atoms with E-state index in [1.807, 2.05) is 0 Å². The fraction of sp³-hybridized carbons (Fsp3) is 1.00. The lowest BCUT2D eigenvalue weighted by molar-refractivity contribution is 0.412. The smallest absolute Gasteiger partial charge is 0.194 e. The Kier molecular flexibility index (Phi) is 4.58. The molecule has 0 spiro atoms. The van der Waals surface area contributed by atoms with Crippen LogP contribution in [0.25, 0.3) is 0 Å². The number of rotatable bonds is 4. The molecule has 2 heteroatoms. The standard InChI is InChI=1S/C12H26BCl/c1-9(2)11(5,6)13(14)12(7,8)10(3)4/h9-10H,1-8H3. The Morgan fingerprint density at radius 3 is 1.14 bits per heavy atom. The second kappa shape index (κ2) is 4.47. The van der Waals surface area contributed by atoms with Gasteiger partial charge in [0.1, 0.15) is 0 Å². The quantitative estimate of drug-likeness (QED) is 0.574. The first kappa shape index (κ1) is 14.4. The fourth-order valence-electron chi connectivity index (χ4n) is 1.54. The Morgan fingerprint density at radius 1 is 0.786 bits per heavy atom. The maximum absolute atomic E-state index is 6.65. The van der Waals surface area contributed by atoms with Crippen LogP contribution in [-0.4, -0.2) is 6.13 Å². The minimum absolute atomic E-state index is 0.190. The first-order valence-electron chi connectivity index (χ1n) is 5.68. The first-order valence-corrected chi connectivity index (χ1v) is 6.12. The summed E-state index contributed by atoms with van der Waals surface area (Å²) in [7, 11) is 0. The van der Waals surface area contributed by atoms with E-state index in [4.69, 9.17) is 11.5 Å². The molecule has 0 aliphatic rings. The second-order valence-corrected chi connectivity index (χ2v) is 6.75. The molecule has 0 aromatic rings. The van der Waals surface area contributed by atoms with Crippen LogP contribution in [0.2, 0.25) is 10.6 Å². The summed E-state index contributed by atoms with van der Waals surface area (Å²) < 4.78 is 0. The van der Waals surface area contributed by atoms with Gasteiger partial charge in [0.25, 0.3) is 6.13 Å². The average molecular weight is 217 g/mol. The van der Waals surface area contributed by atoms with Gasteiger partial charge in [0.2, 0.25) is 0 Å². The maximum atomic E-state index is 6.65. The SMILES string of the molecule is CC(C)C(C)(C)B(Cl)C(C)(C)C(C)C. The highest BCUT2D eigenvalue weighted by atomic mass is 35.5. The van der Waals surface area contributed by atoms with Crippen LogP contribution in [0.4, 0.5) is 0 Å². The van der Waals surface area contributed by atoms with Gasteiger partial charge in [-0.1, -0.05) is 55.4 Å². The molecule has 0 aromatic heterocycles. The van der Waals surface area contributed by atoms with Crippen LogP contribution < -0.4 is 0 Å². The van der Waals surface area contributed by atoms with E-state index in [1.165, 1.54) is 0 Å². The Morgan fingerprint density at radius 2 is 1.00 bits per heavy atom. The lowest BCUT2D eigenvalue weighted by Crippen LogP contribution is -2.39. The van der Waals surface area contributed by atoms with E-state index < -0.39 is 0 Å². The van der Waals surface area contributed by atoms with Crippen LogP contribution in [-0.2, 0) is 0 Å². The van der Waals surface area contributed by atoms with Crippen molar-refractivity contribution in [3.63, 3.8) is 0 Å². The highest BCUT2D eigenvalue weighted by molar-refractivity contribution is 7.10. The van der Waals surface area contributed by atoms with Crippen LogP contribution in [0.5, 0.6) is 0 Å². The highest BCUT2D eigenvalue weighted by Gasteiger charge is 2.46. The van der Waals surface area contributed by atoms with E-state index in [0.29, 0.717) is 11.8 Å². The van der Waals surface area contributed by atoms with Gasteiger partial charge >= 0.3 is 0 Å². The predicted molar refractivity (Wildman–Crippen MR) is 69.4 cm³/mol. The van der Waals surface area contributed by atoms with Gasteiger partial charge in [-0.15, -0.1) is 0 Å². The van der Waals surface area contributed by atoms with E-state index >= 15 is 0 Å². The van der Waals surface area contributed by atoms with Gasteiger partial charge in [-0.3, -0.25) is 0 Å². The summed E-state index contributed by atoms with van der Waals surface area (Å²) in [5.74, 6) is 1.23. The molecule has 0 heterocycles. The molecule has 0 aliphatic carbocycles. The van der Waals surface area contributed by atoms with E-state index in [0.717, 1.165) is 0 Å². The molecule has 0 rings (SSSR count). The third-order valence-electron chi connectivity index (χ3n) is 4.28. The minimum Gasteiger partial charge on any atom is -0.194 e. The average Bonchev–Trinajstić information content (AvgIpc) is 2.02. The molecule has 0 saturated carbocycles. The van der Waals surface area contributed by atoms with Crippen molar-refractivity contribution in [1.82, 2.24) is 0 Å². The maximum Gasteiger partial charge on any atom is 0.262 e. The molecule has 84 valence electrons. The molecule has 0 saturated heterocycles. The summed E-state index contributed by atoms with van der Waals surface area (Å²) >= 11 is 6.65. The first-order chi connectivity index (χ1) is 6.04. The molecule has 0 fully saturated rings. The van der Waals surface area contributed by atoms with Crippen molar-refractivity contribution < 1.29 is 0 Å². The molecular weight excluding hydrogens is 190 g/mol. The van der Waals surface area contributed by atoms with Gasteiger partial charge in [0.05, 0.1) is 0 Å². The third-order valence-corrected chi connectivity index (χ3v) is 5.41. The highest BCUT2D eigenvalue weighted by Crippen LogP contribution is 2.52. The van der Waals surface area contributed by atoms with Gasteiger partial charge in [-0.25, -0.2) is 0 Å². The summed E-state index contributed by atoms with van der Waals surface area (Å²) in [4.78, 5) is 0. The zero-order valence-corrected chi connectivity index (χ0v) is 11.9. The van der Waals surface area contributed by atoms with E-state index in [2.05, 4.69) is 55.4 Å². The van der Waals surface area contributed by atoms with E-state index in [-0.39, 0.29) is 16.8 Å². The summed E-state index contributed by atoms with van der Waals surface area (Å²) in [6, 6.07) is 0. The Bertz CT molecular complexity index is 163. The Hall–Kier alpha value is 0.355. The molecule has 0 nitrogen and oxygen atoms in total. The zero-order valence-electron chi connectivity index (χ0n) is 11.1. The van der Waals surface area contributed by atoms with Crippen LogP contribution in [0, 0.1) is 11.8 Å². The third kappa shape index (κ3) is 2.69. The lowest BCUT2D eigenvalue weighted by atomic mass is 9.34. The number of hydrogen-bond donors (Lipinski definition) is 0. The molecule has 14 heavy (non-hydrogen) atoms. The van der Waals surface area contributed by atoms with Gasteiger partial charge in [0.15, 0.2) is 0 Å². The van der Waals surface area contributed by atoms with Gasteiger partial charge in [-0.05, 0) is 22.5 Å². The molecule has 0 radical (unpaired) electrons. The van der Waals surface area contributed by atoms with Crippen molar-refractivity contribution in [2.24, 2.45) is 11.8 Å². The minimum atomic E-state index is 0.190. The number of hydrogen-bond acceptors (Lipinski definition) is 0. The molecule has 0 aliphatic heterocycles. The number of halogens is 1. The topological polar surface area (TPSA) is 0 Å². The fourth-order valence-corrected chi connectivity index (χ4v) is 2.05. The summed E-state index contributed by atoms with van der Waals surface area (Å²) in [6.45, 7) is 18.1. The molecule has 0 aromatic carbocycles. The van der Waals surface area contributed by atoms with Gasteiger partial charge < -0.3 is 0 Å². The molecule has 0 amide bonds. The van der Waals surface area contributed by atoms with Crippen molar-refractivity contribution >= 4 is 17.6 Å². The van der Waals surface area contributed by atoms with Crippen molar-refractivity contribution in [3.05, 3.63) is 0 Å². The van der Waals surface area contributed by atoms with E-state index in [1.54, 1.807) is 0 Å². The predicted octanol–water partition coefficient (Wildman–Crippen LogP) is 5.09. The zero-order chi connectivity index (χ0) is 11.7. The summed E-state index contributed by atoms with van der Waals surface area (Å²) in [5, 5.41) is 0.380. The monoisotopic (exact) mass is 216 g/mol. The molecular formula is C12H26BCl. The second-order valence-electron chi connectivity index (χ2n) is 6.31. The normalized spacial score (nSPS) is 13.9. The molecule has 0 atom stereocenters. The molecule has 0 N–H and O–H groups in total. The van der Waals surface area contributed by atoms with E-state index in [9.17, 15) is 0 Å². The Balaban J connectivity index is 4.85. The Labute approximate surface area is 95.8 Å². The molecule has 0 bridgehead atoms. The van der Waals surface area contributed by atoms with Crippen LogP contribution in [0.15, 0.2) is 0 Å². The van der Waals surface area contributed by atoms with Crippen LogP contribution in [0.1, 0.15) is 55.4 Å². The van der Waals surface area contributed by atoms with Gasteiger partial charge in [-0.2, -0.15) is 11.5 Å². The largest absolute Gasteiger partial charge is 0.262 e. The van der Waals surface area contributed by atoms with Crippen molar-refractivity contribution in [3.8, 4) is 0 Å². The van der Waals surface area contributed by atoms with Crippen molar-refractivity contribution in [2.75, 3.05) is 0 Å². The van der Waals surface area contributed by atoms with Crippen molar-refractivity contribution in [2.45, 2.75) is 66.0 Å². The van der Waals surface area contributed by atoms with Gasteiger partial charge in [0, 0.05) is 0 Å². The van der Waals surface area contributed by atoms with Crippen LogP contribution in [0.3, 0.4) is 0 Å². The summed E-state index contributed by atoms with van der Waals surface area (Å²) in [6.07, 6.45) is 0.218. The van der Waals surface area contributed by atoms with Crippen LogP contribution >= 0.6 is 11.5 Å². The lowest BCUT2D eigenvalue weighted by Gasteiger charge is -2.43. The summed E-state index contributed by atoms with van der Waals surface area (Å²) in [5.41, 5.74) is 0. The van der Waals surface area contributed by atoms with Crippen molar-refractivity contribution in [1.29, 1.82) is 0 Å². The molecule has 0 unspecified atom stereocenters.